The number of carbonyl (C=O) groups excluding carboxylic acids is 1. The fourth-order valence-electron chi connectivity index (χ4n) is 2.10. The van der Waals surface area contributed by atoms with E-state index < -0.39 is 0 Å². The van der Waals surface area contributed by atoms with Gasteiger partial charge in [0.1, 0.15) is 0 Å². The molecular formula is C15H22O. The summed E-state index contributed by atoms with van der Waals surface area (Å²) in [6, 6.07) is 0. The number of allylic oxidation sites excluding steroid dienone is 1. The Balaban J connectivity index is 2.89. The van der Waals surface area contributed by atoms with E-state index in [-0.39, 0.29) is 22.5 Å². The van der Waals surface area contributed by atoms with E-state index in [4.69, 9.17) is 0 Å². The maximum absolute atomic E-state index is 11.5. The van der Waals surface area contributed by atoms with E-state index in [9.17, 15) is 4.79 Å². The summed E-state index contributed by atoms with van der Waals surface area (Å²) in [6.45, 7) is 14.2. The van der Waals surface area contributed by atoms with Gasteiger partial charge in [0, 0.05) is 16.7 Å². The molecule has 0 aromatic rings. The summed E-state index contributed by atoms with van der Waals surface area (Å²) in [4.78, 5) is 11.5. The summed E-state index contributed by atoms with van der Waals surface area (Å²) in [7, 11) is 0. The molecule has 0 aliphatic heterocycles. The molecule has 0 N–H and O–H groups in total. The van der Waals surface area contributed by atoms with E-state index in [1.165, 1.54) is 5.57 Å². The third-order valence-electron chi connectivity index (χ3n) is 4.27. The number of Topliss-reactive ketones (excluding diaryl/α,β-unsaturated/α-hetero) is 1. The smallest absolute Gasteiger partial charge is 0.207 e. The zero-order valence-electron chi connectivity index (χ0n) is 11.1. The van der Waals surface area contributed by atoms with Crippen molar-refractivity contribution in [3.8, 4) is 11.8 Å². The van der Waals surface area contributed by atoms with Gasteiger partial charge in [-0.15, -0.1) is 0 Å². The van der Waals surface area contributed by atoms with Gasteiger partial charge in [0.2, 0.25) is 5.78 Å². The van der Waals surface area contributed by atoms with Gasteiger partial charge in [-0.1, -0.05) is 38.8 Å². The van der Waals surface area contributed by atoms with Crippen molar-refractivity contribution in [1.29, 1.82) is 0 Å². The van der Waals surface area contributed by atoms with E-state index in [0.717, 1.165) is 12.8 Å². The SMILES string of the molecule is C=C(C)[C@]1(C)CC[C@@]1(C)C#CC(=O)C(C)C. The van der Waals surface area contributed by atoms with Gasteiger partial charge >= 0.3 is 0 Å². The van der Waals surface area contributed by atoms with Gasteiger partial charge in [-0.2, -0.15) is 0 Å². The molecule has 0 heterocycles. The predicted molar refractivity (Wildman–Crippen MR) is 67.9 cm³/mol. The quantitative estimate of drug-likeness (QED) is 0.393. The second-order valence-corrected chi connectivity index (χ2v) is 5.71. The first-order valence-corrected chi connectivity index (χ1v) is 5.96. The Morgan fingerprint density at radius 3 is 2.19 bits per heavy atom. The molecule has 1 saturated carbocycles. The highest BCUT2D eigenvalue weighted by molar-refractivity contribution is 5.97. The van der Waals surface area contributed by atoms with Crippen LogP contribution in [0.5, 0.6) is 0 Å². The molecule has 0 saturated heterocycles. The second-order valence-electron chi connectivity index (χ2n) is 5.71. The molecule has 0 amide bonds. The van der Waals surface area contributed by atoms with Crippen molar-refractivity contribution < 1.29 is 4.79 Å². The van der Waals surface area contributed by atoms with Gasteiger partial charge in [-0.3, -0.25) is 4.79 Å². The third kappa shape index (κ3) is 1.94. The largest absolute Gasteiger partial charge is 0.285 e. The zero-order chi connectivity index (χ0) is 12.6. The monoisotopic (exact) mass is 218 g/mol. The average Bonchev–Trinajstić information content (AvgIpc) is 2.21. The standard InChI is InChI=1S/C15H22O/c1-11(2)13(16)7-8-14(5)9-10-15(14,6)12(3)4/h11H,3,9-10H2,1-2,4-6H3/t14-,15+/m1/s1. The Hall–Kier alpha value is -1.03. The molecule has 0 radical (unpaired) electrons. The number of rotatable bonds is 2. The minimum atomic E-state index is -0.0661. The van der Waals surface area contributed by atoms with Gasteiger partial charge in [-0.05, 0) is 32.6 Å². The zero-order valence-corrected chi connectivity index (χ0v) is 11.1. The van der Waals surface area contributed by atoms with Crippen LogP contribution < -0.4 is 0 Å². The van der Waals surface area contributed by atoms with Crippen molar-refractivity contribution in [2.45, 2.75) is 47.5 Å². The maximum Gasteiger partial charge on any atom is 0.207 e. The fourth-order valence-corrected chi connectivity index (χ4v) is 2.10. The van der Waals surface area contributed by atoms with E-state index in [0.29, 0.717) is 0 Å². The molecule has 1 heteroatoms. The molecule has 1 rings (SSSR count). The Morgan fingerprint density at radius 1 is 1.31 bits per heavy atom. The van der Waals surface area contributed by atoms with Crippen molar-refractivity contribution in [2.75, 3.05) is 0 Å². The van der Waals surface area contributed by atoms with Gasteiger partial charge < -0.3 is 0 Å². The lowest BCUT2D eigenvalue weighted by Crippen LogP contribution is -2.47. The first-order valence-electron chi connectivity index (χ1n) is 5.96. The summed E-state index contributed by atoms with van der Waals surface area (Å²) in [6.07, 6.45) is 2.19. The van der Waals surface area contributed by atoms with Crippen LogP contribution >= 0.6 is 0 Å². The summed E-state index contributed by atoms with van der Waals surface area (Å²) in [5.74, 6) is 6.04. The molecule has 2 atom stereocenters. The Kier molecular flexibility index (Phi) is 3.33. The minimum absolute atomic E-state index is 0.00672. The topological polar surface area (TPSA) is 17.1 Å². The van der Waals surface area contributed by atoms with Crippen molar-refractivity contribution in [3.63, 3.8) is 0 Å². The Labute approximate surface area is 99.3 Å². The lowest BCUT2D eigenvalue weighted by Gasteiger charge is -2.54. The highest BCUT2D eigenvalue weighted by atomic mass is 16.1. The predicted octanol–water partition coefficient (Wildman–Crippen LogP) is 3.60. The van der Waals surface area contributed by atoms with Crippen LogP contribution in [0.3, 0.4) is 0 Å². The molecule has 1 aliphatic carbocycles. The minimum Gasteiger partial charge on any atom is -0.285 e. The average molecular weight is 218 g/mol. The van der Waals surface area contributed by atoms with E-state index >= 15 is 0 Å². The number of hydrogen-bond acceptors (Lipinski definition) is 1. The molecular weight excluding hydrogens is 196 g/mol. The van der Waals surface area contributed by atoms with Crippen LogP contribution in [0.15, 0.2) is 12.2 Å². The third-order valence-corrected chi connectivity index (χ3v) is 4.27. The molecule has 1 nitrogen and oxygen atoms in total. The van der Waals surface area contributed by atoms with E-state index in [2.05, 4.69) is 39.2 Å². The van der Waals surface area contributed by atoms with Gasteiger partial charge in [0.05, 0.1) is 0 Å². The highest BCUT2D eigenvalue weighted by Crippen LogP contribution is 2.59. The van der Waals surface area contributed by atoms with Gasteiger partial charge in [0.25, 0.3) is 0 Å². The Bertz CT molecular complexity index is 380. The summed E-state index contributed by atoms with van der Waals surface area (Å²) < 4.78 is 0. The van der Waals surface area contributed by atoms with Crippen LogP contribution in [0.25, 0.3) is 0 Å². The summed E-state index contributed by atoms with van der Waals surface area (Å²) >= 11 is 0. The second kappa shape index (κ2) is 4.09. The fraction of sp³-hybridized carbons (Fsp3) is 0.667. The lowest BCUT2D eigenvalue weighted by molar-refractivity contribution is -0.116. The first kappa shape index (κ1) is 13.0. The molecule has 1 fully saturated rings. The normalized spacial score (nSPS) is 32.6. The van der Waals surface area contributed by atoms with Crippen molar-refractivity contribution in [3.05, 3.63) is 12.2 Å². The van der Waals surface area contributed by atoms with Crippen LogP contribution in [-0.4, -0.2) is 5.78 Å². The summed E-state index contributed by atoms with van der Waals surface area (Å²) in [5.41, 5.74) is 1.19. The molecule has 1 aliphatic rings. The van der Waals surface area contributed by atoms with Crippen molar-refractivity contribution in [1.82, 2.24) is 0 Å². The van der Waals surface area contributed by atoms with Gasteiger partial charge in [-0.25, -0.2) is 0 Å². The molecule has 0 aromatic heterocycles. The van der Waals surface area contributed by atoms with Gasteiger partial charge in [0.15, 0.2) is 0 Å². The van der Waals surface area contributed by atoms with E-state index in [1.54, 1.807) is 0 Å². The molecule has 0 spiro atoms. The van der Waals surface area contributed by atoms with Crippen LogP contribution in [0.4, 0.5) is 0 Å². The van der Waals surface area contributed by atoms with E-state index in [1.807, 2.05) is 13.8 Å². The number of carbonyl (C=O) groups is 1. The first-order chi connectivity index (χ1) is 7.23. The Morgan fingerprint density at radius 2 is 1.88 bits per heavy atom. The van der Waals surface area contributed by atoms with Crippen LogP contribution in [-0.2, 0) is 4.79 Å². The van der Waals surface area contributed by atoms with Crippen molar-refractivity contribution >= 4 is 5.78 Å². The van der Waals surface area contributed by atoms with Crippen molar-refractivity contribution in [2.24, 2.45) is 16.7 Å². The molecule has 0 unspecified atom stereocenters. The van der Waals surface area contributed by atoms with Crippen LogP contribution in [0, 0.1) is 28.6 Å². The molecule has 0 aromatic carbocycles. The highest BCUT2D eigenvalue weighted by Gasteiger charge is 2.52. The molecule has 88 valence electrons. The molecule has 16 heavy (non-hydrogen) atoms. The maximum atomic E-state index is 11.5. The number of ketones is 1. The van der Waals surface area contributed by atoms with Crippen LogP contribution in [0.1, 0.15) is 47.5 Å². The molecule has 0 bridgehead atoms. The number of hydrogen-bond donors (Lipinski definition) is 0. The summed E-state index contributed by atoms with van der Waals surface area (Å²) in [5, 5.41) is 0. The lowest BCUT2D eigenvalue weighted by atomic mass is 9.49. The van der Waals surface area contributed by atoms with Crippen LogP contribution in [0.2, 0.25) is 0 Å².